The van der Waals surface area contributed by atoms with E-state index in [0.29, 0.717) is 0 Å². The van der Waals surface area contributed by atoms with Gasteiger partial charge in [-0.2, -0.15) is 0 Å². The van der Waals surface area contributed by atoms with E-state index >= 15 is 0 Å². The molecule has 1 aliphatic heterocycles. The quantitative estimate of drug-likeness (QED) is 0.217. The first-order valence-electron chi connectivity index (χ1n) is 14.3. The summed E-state index contributed by atoms with van der Waals surface area (Å²) in [6, 6.07) is 45.6. The molecule has 0 fully saturated rings. The van der Waals surface area contributed by atoms with Gasteiger partial charge in [-0.1, -0.05) is 66.7 Å². The molecule has 9 rings (SSSR count). The molecule has 4 nitrogen and oxygen atoms in total. The van der Waals surface area contributed by atoms with Crippen LogP contribution in [-0.4, -0.2) is 16.2 Å². The molecule has 0 saturated heterocycles. The summed E-state index contributed by atoms with van der Waals surface area (Å²) in [4.78, 5) is 2.21. The summed E-state index contributed by atoms with van der Waals surface area (Å²) in [7, 11) is 4.25. The van der Waals surface area contributed by atoms with Crippen LogP contribution in [0, 0.1) is 0 Å². The van der Waals surface area contributed by atoms with Gasteiger partial charge in [0.25, 0.3) is 0 Å². The molecule has 3 heterocycles. The van der Waals surface area contributed by atoms with E-state index in [0.717, 1.165) is 39.7 Å². The van der Waals surface area contributed by atoms with Gasteiger partial charge < -0.3 is 18.8 Å². The normalized spacial score (nSPS) is 12.7. The second kappa shape index (κ2) is 8.51. The van der Waals surface area contributed by atoms with Crippen molar-refractivity contribution < 1.29 is 4.74 Å². The lowest BCUT2D eigenvalue weighted by molar-refractivity contribution is 0.477. The number of hydrogen-bond acceptors (Lipinski definition) is 2. The van der Waals surface area contributed by atoms with Crippen molar-refractivity contribution >= 4 is 55.0 Å². The van der Waals surface area contributed by atoms with Crippen LogP contribution in [0.1, 0.15) is 0 Å². The fraction of sp³-hybridized carbons (Fsp3) is 0.0526. The van der Waals surface area contributed by atoms with Gasteiger partial charge in [0.05, 0.1) is 22.4 Å². The number of ether oxygens (including phenoxy) is 1. The summed E-state index contributed by atoms with van der Waals surface area (Å²) in [6.45, 7) is 0. The second-order valence-corrected chi connectivity index (χ2v) is 11.1. The van der Waals surface area contributed by atoms with Crippen molar-refractivity contribution in [3.8, 4) is 28.3 Å². The third-order valence-electron chi connectivity index (χ3n) is 8.93. The predicted octanol–water partition coefficient (Wildman–Crippen LogP) is 9.97. The molecule has 0 bridgehead atoms. The zero-order chi connectivity index (χ0) is 27.9. The summed E-state index contributed by atoms with van der Waals surface area (Å²) in [5, 5.41) is 5.01. The van der Waals surface area contributed by atoms with Gasteiger partial charge in [-0.3, -0.25) is 0 Å². The van der Waals surface area contributed by atoms with Crippen LogP contribution in [0.25, 0.3) is 60.4 Å². The minimum Gasteiger partial charge on any atom is -0.452 e. The minimum absolute atomic E-state index is 0.876. The molecule has 0 atom stereocenters. The smallest absolute Gasteiger partial charge is 0.158 e. The Morgan fingerprint density at radius 2 is 1.14 bits per heavy atom. The van der Waals surface area contributed by atoms with Crippen LogP contribution in [0.15, 0.2) is 127 Å². The fourth-order valence-electron chi connectivity index (χ4n) is 6.90. The molecule has 42 heavy (non-hydrogen) atoms. The van der Waals surface area contributed by atoms with Crippen LogP contribution in [-0.2, 0) is 7.05 Å². The Bertz CT molecular complexity index is 2370. The van der Waals surface area contributed by atoms with E-state index in [1.807, 2.05) is 12.1 Å². The Kier molecular flexibility index (Phi) is 4.71. The van der Waals surface area contributed by atoms with Crippen molar-refractivity contribution in [2.24, 2.45) is 7.05 Å². The Morgan fingerprint density at radius 3 is 2.02 bits per heavy atom. The lowest BCUT2D eigenvalue weighted by Gasteiger charge is -2.31. The highest BCUT2D eigenvalue weighted by atomic mass is 16.5. The number of fused-ring (bicyclic) bond motifs is 8. The number of benzene rings is 6. The topological polar surface area (TPSA) is 22.3 Å². The number of rotatable bonds is 2. The number of aromatic nitrogens is 2. The van der Waals surface area contributed by atoms with Crippen LogP contribution in [0.5, 0.6) is 11.5 Å². The summed E-state index contributed by atoms with van der Waals surface area (Å²) in [5.41, 5.74) is 10.4. The van der Waals surface area contributed by atoms with Crippen LogP contribution >= 0.6 is 0 Å². The minimum atomic E-state index is 0.876. The van der Waals surface area contributed by atoms with Crippen molar-refractivity contribution in [2.45, 2.75) is 0 Å². The molecular formula is C38H27N3O. The highest BCUT2D eigenvalue weighted by Gasteiger charge is 2.24. The zero-order valence-corrected chi connectivity index (χ0v) is 23.4. The number of aryl methyl sites for hydroxylation is 1. The van der Waals surface area contributed by atoms with Gasteiger partial charge in [0.1, 0.15) is 0 Å². The average molecular weight is 542 g/mol. The molecule has 1 aliphatic rings. The van der Waals surface area contributed by atoms with E-state index in [4.69, 9.17) is 4.74 Å². The molecule has 0 amide bonds. The van der Waals surface area contributed by atoms with Crippen LogP contribution < -0.4 is 9.64 Å². The molecule has 0 unspecified atom stereocenters. The number of para-hydroxylation sites is 5. The second-order valence-electron chi connectivity index (χ2n) is 11.1. The van der Waals surface area contributed by atoms with Crippen molar-refractivity contribution in [3.05, 3.63) is 127 Å². The predicted molar refractivity (Wildman–Crippen MR) is 175 cm³/mol. The average Bonchev–Trinajstić information content (AvgIpc) is 3.52. The Balaban J connectivity index is 1.26. The van der Waals surface area contributed by atoms with Crippen molar-refractivity contribution in [2.75, 3.05) is 11.9 Å². The monoisotopic (exact) mass is 541 g/mol. The first-order chi connectivity index (χ1) is 20.7. The van der Waals surface area contributed by atoms with Gasteiger partial charge in [0.15, 0.2) is 11.5 Å². The van der Waals surface area contributed by atoms with E-state index in [9.17, 15) is 0 Å². The Morgan fingerprint density at radius 1 is 0.500 bits per heavy atom. The van der Waals surface area contributed by atoms with Crippen molar-refractivity contribution in [1.82, 2.24) is 9.13 Å². The molecule has 0 N–H and O–H groups in total. The maximum Gasteiger partial charge on any atom is 0.158 e. The first-order valence-corrected chi connectivity index (χ1v) is 14.3. The largest absolute Gasteiger partial charge is 0.452 e. The summed E-state index contributed by atoms with van der Waals surface area (Å²) in [6.07, 6.45) is 0. The molecule has 0 saturated carbocycles. The fourth-order valence-corrected chi connectivity index (χ4v) is 6.90. The molecule has 2 aromatic heterocycles. The van der Waals surface area contributed by atoms with Crippen molar-refractivity contribution in [3.63, 3.8) is 0 Å². The zero-order valence-electron chi connectivity index (χ0n) is 23.4. The van der Waals surface area contributed by atoms with E-state index < -0.39 is 0 Å². The number of hydrogen-bond donors (Lipinski definition) is 0. The Hall–Kier alpha value is -5.48. The maximum absolute atomic E-state index is 6.54. The number of nitrogens with zero attached hydrogens (tertiary/aromatic N) is 3. The van der Waals surface area contributed by atoms with Crippen LogP contribution in [0.2, 0.25) is 0 Å². The third kappa shape index (κ3) is 3.12. The van der Waals surface area contributed by atoms with Gasteiger partial charge in [0, 0.05) is 57.9 Å². The standard InChI is InChI=1S/C38H27N3O/c1-39-31-13-5-3-10-27(31)30-23-25(19-21-32(30)39)41-33-14-6-4-11-28(33)29-22-24(18-20-34(29)41)26-12-9-16-36-38(26)42-37-17-8-7-15-35(37)40(36)2/h3-23H,1-2H3. The molecule has 4 heteroatoms. The SMILES string of the molecule is CN1c2ccccc2Oc2c(-c3ccc4c(c3)c3ccccc3n4-c3ccc4c(c3)c3ccccc3n4C)cccc21. The van der Waals surface area contributed by atoms with Crippen LogP contribution in [0.3, 0.4) is 0 Å². The van der Waals surface area contributed by atoms with Gasteiger partial charge in [-0.15, -0.1) is 0 Å². The third-order valence-corrected chi connectivity index (χ3v) is 8.93. The van der Waals surface area contributed by atoms with Crippen LogP contribution in [0.4, 0.5) is 11.4 Å². The first kappa shape index (κ1) is 23.2. The highest BCUT2D eigenvalue weighted by molar-refractivity contribution is 6.12. The molecule has 0 radical (unpaired) electrons. The van der Waals surface area contributed by atoms with E-state index in [1.54, 1.807) is 0 Å². The maximum atomic E-state index is 6.54. The molecular weight excluding hydrogens is 514 g/mol. The van der Waals surface area contributed by atoms with Gasteiger partial charge in [-0.25, -0.2) is 0 Å². The molecule has 200 valence electrons. The van der Waals surface area contributed by atoms with E-state index in [2.05, 4.69) is 143 Å². The van der Waals surface area contributed by atoms with Gasteiger partial charge >= 0.3 is 0 Å². The van der Waals surface area contributed by atoms with E-state index in [-0.39, 0.29) is 0 Å². The van der Waals surface area contributed by atoms with E-state index in [1.165, 1.54) is 43.6 Å². The van der Waals surface area contributed by atoms with Gasteiger partial charge in [0.2, 0.25) is 0 Å². The molecule has 0 aliphatic carbocycles. The van der Waals surface area contributed by atoms with Gasteiger partial charge in [-0.05, 0) is 66.2 Å². The number of anilines is 2. The summed E-state index contributed by atoms with van der Waals surface area (Å²) in [5.74, 6) is 1.77. The Labute approximate surface area is 243 Å². The summed E-state index contributed by atoms with van der Waals surface area (Å²) >= 11 is 0. The molecule has 8 aromatic rings. The van der Waals surface area contributed by atoms with Crippen molar-refractivity contribution in [1.29, 1.82) is 0 Å². The lowest BCUT2D eigenvalue weighted by Crippen LogP contribution is -2.15. The molecule has 6 aromatic carbocycles. The lowest BCUT2D eigenvalue weighted by atomic mass is 10.00. The summed E-state index contributed by atoms with van der Waals surface area (Å²) < 4.78 is 11.2. The highest BCUT2D eigenvalue weighted by Crippen LogP contribution is 2.50. The molecule has 0 spiro atoms.